The number of aryl methyl sites for hydroxylation is 2. The van der Waals surface area contributed by atoms with E-state index in [-0.39, 0.29) is 24.3 Å². The van der Waals surface area contributed by atoms with Gasteiger partial charge in [-0.1, -0.05) is 73.5 Å². The first-order valence-electron chi connectivity index (χ1n) is 20.6. The van der Waals surface area contributed by atoms with Crippen LogP contribution in [0.25, 0.3) is 22.3 Å². The van der Waals surface area contributed by atoms with Crippen molar-refractivity contribution >= 4 is 11.9 Å². The van der Waals surface area contributed by atoms with Crippen molar-refractivity contribution < 1.29 is 79.6 Å². The number of aliphatic hydroxyl groups is 8. The van der Waals surface area contributed by atoms with Crippen LogP contribution in [0.3, 0.4) is 0 Å². The maximum Gasteiger partial charge on any atom is 0.307 e. The highest BCUT2D eigenvalue weighted by Crippen LogP contribution is 2.37. The van der Waals surface area contributed by atoms with Gasteiger partial charge in [0, 0.05) is 11.1 Å². The van der Waals surface area contributed by atoms with E-state index in [2.05, 4.69) is 0 Å². The SMILES string of the molecule is O=C(O)Cc1cccc(-c2cc(CCCCCCc3ccc(O[C@H]4O[C@H](CO)C(O)[C@H](O)[C@@H]4O)c(-c4cccc(CC(=O)O)c4)c3)ccc2O[C@H]2O[C@H](CO)[C@@H](O)[C@H](O)[C@@H]2O)c1. The number of hydrogen-bond donors (Lipinski definition) is 10. The summed E-state index contributed by atoms with van der Waals surface area (Å²) in [6, 6.07) is 24.9. The number of benzene rings is 4. The molecule has 334 valence electrons. The Labute approximate surface area is 357 Å². The van der Waals surface area contributed by atoms with Gasteiger partial charge in [0.05, 0.1) is 26.1 Å². The summed E-state index contributed by atoms with van der Waals surface area (Å²) in [6.45, 7) is -1.23. The van der Waals surface area contributed by atoms with Crippen LogP contribution < -0.4 is 9.47 Å². The summed E-state index contributed by atoms with van der Waals surface area (Å²) in [7, 11) is 0. The monoisotopic (exact) mass is 862 g/mol. The zero-order valence-corrected chi connectivity index (χ0v) is 33.8. The molecule has 0 aromatic heterocycles. The van der Waals surface area contributed by atoms with E-state index in [1.165, 1.54) is 0 Å². The van der Waals surface area contributed by atoms with Gasteiger partial charge in [-0.2, -0.15) is 0 Å². The molecule has 0 amide bonds. The summed E-state index contributed by atoms with van der Waals surface area (Å²) in [4.78, 5) is 23.0. The van der Waals surface area contributed by atoms with Crippen molar-refractivity contribution in [1.29, 1.82) is 0 Å². The molecule has 16 nitrogen and oxygen atoms in total. The fourth-order valence-electron chi connectivity index (χ4n) is 7.76. The highest BCUT2D eigenvalue weighted by molar-refractivity contribution is 5.76. The van der Waals surface area contributed by atoms with Crippen molar-refractivity contribution in [2.75, 3.05) is 13.2 Å². The molecule has 62 heavy (non-hydrogen) atoms. The number of aliphatic hydroxyl groups excluding tert-OH is 8. The highest BCUT2D eigenvalue weighted by atomic mass is 16.7. The van der Waals surface area contributed by atoms with Gasteiger partial charge in [-0.15, -0.1) is 0 Å². The number of hydrogen-bond acceptors (Lipinski definition) is 14. The second-order valence-electron chi connectivity index (χ2n) is 15.7. The van der Waals surface area contributed by atoms with Gasteiger partial charge in [0.2, 0.25) is 12.6 Å². The first-order chi connectivity index (χ1) is 29.8. The van der Waals surface area contributed by atoms with Crippen LogP contribution in [0.1, 0.15) is 47.9 Å². The number of carboxylic acid groups (broad SMARTS) is 2. The van der Waals surface area contributed by atoms with Crippen LogP contribution in [-0.2, 0) is 44.7 Å². The normalized spacial score (nSPS) is 26.2. The number of carbonyl (C=O) groups is 2. The molecule has 4 aromatic carbocycles. The van der Waals surface area contributed by atoms with Crippen molar-refractivity contribution in [2.45, 2.75) is 113 Å². The lowest BCUT2D eigenvalue weighted by Gasteiger charge is -2.39. The molecule has 10 N–H and O–H groups in total. The van der Waals surface area contributed by atoms with Gasteiger partial charge >= 0.3 is 11.9 Å². The summed E-state index contributed by atoms with van der Waals surface area (Å²) < 4.78 is 23.3. The minimum Gasteiger partial charge on any atom is -0.481 e. The Hall–Kier alpha value is -4.98. The van der Waals surface area contributed by atoms with Crippen LogP contribution >= 0.6 is 0 Å². The van der Waals surface area contributed by atoms with Crippen molar-refractivity contribution in [1.82, 2.24) is 0 Å². The zero-order valence-electron chi connectivity index (χ0n) is 33.8. The molecule has 2 heterocycles. The number of aliphatic carboxylic acids is 2. The molecule has 16 heteroatoms. The van der Waals surface area contributed by atoms with Gasteiger partial charge < -0.3 is 70.0 Å². The van der Waals surface area contributed by atoms with E-state index in [4.69, 9.17) is 18.9 Å². The van der Waals surface area contributed by atoms with Gasteiger partial charge in [-0.05, 0) is 83.3 Å². The van der Waals surface area contributed by atoms with Crippen LogP contribution in [0, 0.1) is 0 Å². The molecule has 2 fully saturated rings. The van der Waals surface area contributed by atoms with E-state index in [0.717, 1.165) is 36.8 Å². The van der Waals surface area contributed by atoms with E-state index in [1.54, 1.807) is 60.7 Å². The first kappa shape index (κ1) is 46.5. The van der Waals surface area contributed by atoms with Gasteiger partial charge in [0.1, 0.15) is 60.3 Å². The molecular formula is C46H54O16. The topological polar surface area (TPSA) is 273 Å². The Morgan fingerprint density at radius 2 is 0.887 bits per heavy atom. The van der Waals surface area contributed by atoms with Crippen molar-refractivity contribution in [3.8, 4) is 33.8 Å². The third-order valence-corrected chi connectivity index (χ3v) is 11.1. The molecule has 0 aliphatic carbocycles. The molecule has 0 saturated carbocycles. The lowest BCUT2D eigenvalue weighted by Crippen LogP contribution is -2.60. The van der Waals surface area contributed by atoms with Crippen molar-refractivity contribution in [3.05, 3.63) is 107 Å². The van der Waals surface area contributed by atoms with Crippen molar-refractivity contribution in [2.24, 2.45) is 0 Å². The number of ether oxygens (including phenoxy) is 4. The van der Waals surface area contributed by atoms with Gasteiger partial charge in [0.25, 0.3) is 0 Å². The second-order valence-corrected chi connectivity index (χ2v) is 15.7. The molecule has 0 radical (unpaired) electrons. The van der Waals surface area contributed by atoms with Crippen LogP contribution in [0.4, 0.5) is 0 Å². The van der Waals surface area contributed by atoms with Gasteiger partial charge in [-0.25, -0.2) is 0 Å². The van der Waals surface area contributed by atoms with E-state index in [1.807, 2.05) is 24.3 Å². The lowest BCUT2D eigenvalue weighted by molar-refractivity contribution is -0.277. The minimum atomic E-state index is -1.63. The molecule has 0 spiro atoms. The maximum atomic E-state index is 11.5. The fraction of sp³-hybridized carbons (Fsp3) is 0.435. The predicted molar refractivity (Wildman–Crippen MR) is 221 cm³/mol. The third-order valence-electron chi connectivity index (χ3n) is 11.1. The molecule has 6 rings (SSSR count). The largest absolute Gasteiger partial charge is 0.481 e. The minimum absolute atomic E-state index is 0.197. The van der Waals surface area contributed by atoms with Gasteiger partial charge in [0.15, 0.2) is 0 Å². The summed E-state index contributed by atoms with van der Waals surface area (Å²) in [5, 5.41) is 101. The molecule has 0 bridgehead atoms. The van der Waals surface area contributed by atoms with E-state index in [9.17, 15) is 60.7 Å². The summed E-state index contributed by atoms with van der Waals surface area (Å²) >= 11 is 0. The Morgan fingerprint density at radius 1 is 0.484 bits per heavy atom. The summed E-state index contributed by atoms with van der Waals surface area (Å²) in [5.74, 6) is -1.42. The summed E-state index contributed by atoms with van der Waals surface area (Å²) in [6.07, 6.45) is -10.3. The quantitative estimate of drug-likeness (QED) is 0.0604. The Kier molecular flexibility index (Phi) is 16.1. The Morgan fingerprint density at radius 3 is 1.26 bits per heavy atom. The molecule has 4 aromatic rings. The predicted octanol–water partition coefficient (Wildman–Crippen LogP) is 1.98. The number of carboxylic acids is 2. The highest BCUT2D eigenvalue weighted by Gasteiger charge is 2.46. The maximum absolute atomic E-state index is 11.5. The summed E-state index contributed by atoms with van der Waals surface area (Å²) in [5.41, 5.74) is 5.56. The van der Waals surface area contributed by atoms with Crippen LogP contribution in [0.2, 0.25) is 0 Å². The standard InChI is InChI=1S/C46H54O16/c47-23-35-39(53)41(55)43(57)45(61-35)59-33-15-13-25(19-31(33)29-11-5-9-27(17-29)21-37(49)50)7-3-1-2-4-8-26-14-16-34(60-46-44(58)42(56)40(54)36(24-48)62-46)32(20-26)30-12-6-10-28(18-30)22-38(51)52/h5-6,9-20,35-36,39-48,53-58H,1-4,7-8,21-24H2,(H,49,50)(H,51,52)/t35-,36-,39-,40?,41+,42+,43+,44+,45+,46+/m1/s1. The fourth-order valence-corrected chi connectivity index (χ4v) is 7.76. The Balaban J connectivity index is 1.13. The molecule has 10 atom stereocenters. The average Bonchev–Trinajstić information content (AvgIpc) is 3.25. The molecule has 2 aliphatic heterocycles. The van der Waals surface area contributed by atoms with Crippen LogP contribution in [0.15, 0.2) is 84.9 Å². The van der Waals surface area contributed by atoms with E-state index < -0.39 is 86.6 Å². The van der Waals surface area contributed by atoms with Crippen molar-refractivity contribution in [3.63, 3.8) is 0 Å². The zero-order chi connectivity index (χ0) is 44.5. The van der Waals surface area contributed by atoms with Gasteiger partial charge in [-0.3, -0.25) is 9.59 Å². The van der Waals surface area contributed by atoms with Crippen LogP contribution in [0.5, 0.6) is 11.5 Å². The number of unbranched alkanes of at least 4 members (excludes halogenated alkanes) is 3. The Bertz CT molecular complexity index is 1970. The molecule has 2 aliphatic rings. The number of rotatable bonds is 19. The van der Waals surface area contributed by atoms with E-state index in [0.29, 0.717) is 46.2 Å². The lowest BCUT2D eigenvalue weighted by atomic mass is 9.95. The van der Waals surface area contributed by atoms with E-state index >= 15 is 0 Å². The third kappa shape index (κ3) is 11.5. The van der Waals surface area contributed by atoms with Crippen LogP contribution in [-0.4, -0.2) is 138 Å². The molecular weight excluding hydrogens is 808 g/mol. The second kappa shape index (κ2) is 21.4. The first-order valence-corrected chi connectivity index (χ1v) is 20.6. The average molecular weight is 863 g/mol. The smallest absolute Gasteiger partial charge is 0.307 e. The molecule has 2 saturated heterocycles. The molecule has 1 unspecified atom stereocenters.